The highest BCUT2D eigenvalue weighted by atomic mass is 79.9. The highest BCUT2D eigenvalue weighted by Gasteiger charge is 2.38. The van der Waals surface area contributed by atoms with Crippen LogP contribution in [-0.2, 0) is 9.59 Å². The molecule has 2 heterocycles. The molecule has 9 heteroatoms. The monoisotopic (exact) mass is 633 g/mol. The Labute approximate surface area is 216 Å². The van der Waals surface area contributed by atoms with Crippen molar-refractivity contribution in [1.29, 1.82) is 0 Å². The van der Waals surface area contributed by atoms with E-state index in [1.54, 1.807) is 25.1 Å². The third-order valence-corrected chi connectivity index (χ3v) is 7.51. The van der Waals surface area contributed by atoms with E-state index in [0.29, 0.717) is 11.3 Å². The van der Waals surface area contributed by atoms with Gasteiger partial charge in [0.2, 0.25) is 0 Å². The number of aromatic nitrogens is 1. The standard InChI is InChI=1S/C24H18Br3N3O3/c1-12-10-16(26)6-9-20(12)30-23(32)19(22(31)28-24(30)33)11-18-13(2)29(14(3)21(18)27)17-7-4-15(25)5-8-17/h4-11H,1-3H3,(H,28,31,33)/b19-11+. The van der Waals surface area contributed by atoms with Gasteiger partial charge in [0, 0.05) is 36.1 Å². The van der Waals surface area contributed by atoms with Crippen molar-refractivity contribution in [2.75, 3.05) is 4.90 Å². The summed E-state index contributed by atoms with van der Waals surface area (Å²) in [4.78, 5) is 39.6. The minimum atomic E-state index is -0.771. The van der Waals surface area contributed by atoms with Crippen LogP contribution in [-0.4, -0.2) is 22.4 Å². The number of rotatable bonds is 3. The molecule has 4 rings (SSSR count). The fraction of sp³-hybridized carbons (Fsp3) is 0.125. The van der Waals surface area contributed by atoms with Crippen molar-refractivity contribution in [2.24, 2.45) is 0 Å². The maximum absolute atomic E-state index is 13.3. The van der Waals surface area contributed by atoms with Crippen molar-refractivity contribution in [3.05, 3.63) is 84.0 Å². The van der Waals surface area contributed by atoms with E-state index in [1.165, 1.54) is 6.08 Å². The molecule has 168 valence electrons. The molecule has 1 saturated heterocycles. The summed E-state index contributed by atoms with van der Waals surface area (Å²) >= 11 is 10.5. The number of nitrogens with one attached hydrogen (secondary N) is 1. The molecule has 0 saturated carbocycles. The minimum absolute atomic E-state index is 0.117. The fourth-order valence-corrected chi connectivity index (χ4v) is 5.18. The number of aryl methyl sites for hydroxylation is 1. The highest BCUT2D eigenvalue weighted by molar-refractivity contribution is 9.11. The lowest BCUT2D eigenvalue weighted by atomic mass is 10.1. The first-order valence-corrected chi connectivity index (χ1v) is 12.3. The summed E-state index contributed by atoms with van der Waals surface area (Å²) in [5.74, 6) is -1.40. The number of nitrogens with zero attached hydrogens (tertiary/aromatic N) is 2. The van der Waals surface area contributed by atoms with Crippen molar-refractivity contribution in [2.45, 2.75) is 20.8 Å². The Kier molecular flexibility index (Phi) is 6.48. The van der Waals surface area contributed by atoms with E-state index < -0.39 is 17.8 Å². The number of anilines is 1. The summed E-state index contributed by atoms with van der Waals surface area (Å²) in [5.41, 5.74) is 4.42. The molecule has 1 fully saturated rings. The van der Waals surface area contributed by atoms with Crippen LogP contribution >= 0.6 is 47.8 Å². The van der Waals surface area contributed by atoms with Gasteiger partial charge in [0.25, 0.3) is 11.8 Å². The fourth-order valence-electron chi connectivity index (χ4n) is 3.86. The van der Waals surface area contributed by atoms with Gasteiger partial charge in [-0.05, 0) is 90.8 Å². The van der Waals surface area contributed by atoms with E-state index in [2.05, 4.69) is 53.1 Å². The first-order chi connectivity index (χ1) is 15.6. The second-order valence-corrected chi connectivity index (χ2v) is 10.2. The summed E-state index contributed by atoms with van der Waals surface area (Å²) < 4.78 is 4.59. The van der Waals surface area contributed by atoms with Gasteiger partial charge in [-0.2, -0.15) is 0 Å². The number of benzene rings is 2. The van der Waals surface area contributed by atoms with E-state index >= 15 is 0 Å². The Hall–Kier alpha value is -2.49. The number of imide groups is 2. The van der Waals surface area contributed by atoms with Crippen LogP contribution in [0.1, 0.15) is 22.5 Å². The summed E-state index contributed by atoms with van der Waals surface area (Å²) in [6, 6.07) is 12.3. The number of amides is 4. The van der Waals surface area contributed by atoms with Crippen LogP contribution < -0.4 is 10.2 Å². The summed E-state index contributed by atoms with van der Waals surface area (Å²) in [6.07, 6.45) is 1.53. The molecule has 1 aromatic heterocycles. The number of hydrogen-bond acceptors (Lipinski definition) is 3. The minimum Gasteiger partial charge on any atom is -0.317 e. The molecule has 6 nitrogen and oxygen atoms in total. The molecule has 0 atom stereocenters. The first-order valence-electron chi connectivity index (χ1n) is 9.91. The molecule has 1 aliphatic rings. The van der Waals surface area contributed by atoms with Crippen molar-refractivity contribution in [3.63, 3.8) is 0 Å². The molecular formula is C24H18Br3N3O3. The molecule has 1 aliphatic heterocycles. The Balaban J connectivity index is 1.82. The van der Waals surface area contributed by atoms with Crippen LogP contribution in [0.15, 0.2) is 61.5 Å². The second-order valence-electron chi connectivity index (χ2n) is 7.60. The topological polar surface area (TPSA) is 71.4 Å². The van der Waals surface area contributed by atoms with Crippen LogP contribution in [0.5, 0.6) is 0 Å². The third kappa shape index (κ3) is 4.25. The Morgan fingerprint density at radius 2 is 1.48 bits per heavy atom. The molecule has 0 unspecified atom stereocenters. The number of urea groups is 1. The molecule has 4 amide bonds. The number of halogens is 3. The van der Waals surface area contributed by atoms with Gasteiger partial charge in [0.1, 0.15) is 5.57 Å². The summed E-state index contributed by atoms with van der Waals surface area (Å²) in [6.45, 7) is 5.66. The number of hydrogen-bond donors (Lipinski definition) is 1. The molecule has 0 spiro atoms. The van der Waals surface area contributed by atoms with Gasteiger partial charge in [-0.3, -0.25) is 14.9 Å². The average Bonchev–Trinajstić information content (AvgIpc) is 2.96. The van der Waals surface area contributed by atoms with E-state index in [-0.39, 0.29) is 5.57 Å². The van der Waals surface area contributed by atoms with Gasteiger partial charge < -0.3 is 4.57 Å². The lowest BCUT2D eigenvalue weighted by Crippen LogP contribution is -2.54. The molecule has 0 bridgehead atoms. The predicted octanol–water partition coefficient (Wildman–Crippen LogP) is 6.36. The molecule has 0 radical (unpaired) electrons. The van der Waals surface area contributed by atoms with Gasteiger partial charge in [0.15, 0.2) is 0 Å². The smallest absolute Gasteiger partial charge is 0.317 e. The molecule has 3 aromatic rings. The lowest BCUT2D eigenvalue weighted by molar-refractivity contribution is -0.122. The van der Waals surface area contributed by atoms with Crippen molar-refractivity contribution in [3.8, 4) is 5.69 Å². The van der Waals surface area contributed by atoms with Gasteiger partial charge >= 0.3 is 6.03 Å². The number of carbonyl (C=O) groups is 3. The summed E-state index contributed by atoms with van der Waals surface area (Å²) in [5, 5.41) is 2.29. The highest BCUT2D eigenvalue weighted by Crippen LogP contribution is 2.34. The maximum atomic E-state index is 13.3. The largest absolute Gasteiger partial charge is 0.335 e. The van der Waals surface area contributed by atoms with Crippen LogP contribution in [0.2, 0.25) is 0 Å². The Morgan fingerprint density at radius 1 is 0.848 bits per heavy atom. The summed E-state index contributed by atoms with van der Waals surface area (Å²) in [7, 11) is 0. The van der Waals surface area contributed by atoms with Crippen LogP contribution in [0.3, 0.4) is 0 Å². The van der Waals surface area contributed by atoms with Crippen molar-refractivity contribution in [1.82, 2.24) is 9.88 Å². The quantitative estimate of drug-likeness (QED) is 0.269. The van der Waals surface area contributed by atoms with Crippen LogP contribution in [0.25, 0.3) is 11.8 Å². The third-order valence-electron chi connectivity index (χ3n) is 5.49. The first kappa shape index (κ1) is 23.7. The van der Waals surface area contributed by atoms with Crippen molar-refractivity contribution < 1.29 is 14.4 Å². The van der Waals surface area contributed by atoms with E-state index in [1.807, 2.05) is 42.7 Å². The zero-order valence-corrected chi connectivity index (χ0v) is 22.6. The molecule has 2 aromatic carbocycles. The molecule has 33 heavy (non-hydrogen) atoms. The average molecular weight is 636 g/mol. The Morgan fingerprint density at radius 3 is 2.12 bits per heavy atom. The van der Waals surface area contributed by atoms with Gasteiger partial charge in [-0.1, -0.05) is 31.9 Å². The van der Waals surface area contributed by atoms with Crippen LogP contribution in [0.4, 0.5) is 10.5 Å². The maximum Gasteiger partial charge on any atom is 0.335 e. The zero-order chi connectivity index (χ0) is 24.0. The van der Waals surface area contributed by atoms with Crippen molar-refractivity contribution >= 4 is 77.4 Å². The molecular weight excluding hydrogens is 618 g/mol. The van der Waals surface area contributed by atoms with Gasteiger partial charge in [-0.15, -0.1) is 0 Å². The van der Waals surface area contributed by atoms with Gasteiger partial charge in [0.05, 0.1) is 5.69 Å². The van der Waals surface area contributed by atoms with E-state index in [9.17, 15) is 14.4 Å². The predicted molar refractivity (Wildman–Crippen MR) is 139 cm³/mol. The zero-order valence-electron chi connectivity index (χ0n) is 17.9. The number of carbonyl (C=O) groups excluding carboxylic acids is 3. The number of barbiturate groups is 1. The van der Waals surface area contributed by atoms with E-state index in [0.717, 1.165) is 41.0 Å². The molecule has 0 aliphatic carbocycles. The SMILES string of the molecule is Cc1cc(Br)ccc1N1C(=O)NC(=O)/C(=C\c2c(Br)c(C)n(-c3ccc(Br)cc3)c2C)C1=O. The van der Waals surface area contributed by atoms with E-state index in [4.69, 9.17) is 0 Å². The Bertz CT molecular complexity index is 1360. The normalized spacial score (nSPS) is 15.4. The molecule has 1 N–H and O–H groups in total. The van der Waals surface area contributed by atoms with Gasteiger partial charge in [-0.25, -0.2) is 9.69 Å². The lowest BCUT2D eigenvalue weighted by Gasteiger charge is -2.27. The van der Waals surface area contributed by atoms with Crippen LogP contribution in [0, 0.1) is 20.8 Å². The second kappa shape index (κ2) is 9.04.